The quantitative estimate of drug-likeness (QED) is 0.804. The topological polar surface area (TPSA) is 30.5 Å². The summed E-state index contributed by atoms with van der Waals surface area (Å²) < 4.78 is 10.7. The van der Waals surface area contributed by atoms with E-state index in [1.54, 1.807) is 26.0 Å². The molecule has 2 rings (SSSR count). The fraction of sp³-hybridized carbons (Fsp3) is 0.294. The summed E-state index contributed by atoms with van der Waals surface area (Å²) in [6, 6.07) is 12.4. The summed E-state index contributed by atoms with van der Waals surface area (Å²) in [5, 5.41) is 3.46. The molecule has 0 atom stereocenters. The lowest BCUT2D eigenvalue weighted by molar-refractivity contribution is 0.353. The van der Waals surface area contributed by atoms with Crippen LogP contribution in [-0.2, 0) is 6.54 Å². The smallest absolute Gasteiger partial charge is 0.161 e. The number of benzene rings is 2. The molecule has 4 heteroatoms. The maximum Gasteiger partial charge on any atom is 0.161 e. The van der Waals surface area contributed by atoms with Crippen molar-refractivity contribution in [1.29, 1.82) is 0 Å². The highest BCUT2D eigenvalue weighted by atomic mass is 32.2. The van der Waals surface area contributed by atoms with Crippen LogP contribution in [0.15, 0.2) is 41.3 Å². The second kappa shape index (κ2) is 7.27. The van der Waals surface area contributed by atoms with Crippen LogP contribution in [0.2, 0.25) is 0 Å². The van der Waals surface area contributed by atoms with Crippen LogP contribution in [0.5, 0.6) is 11.5 Å². The number of thioether (sulfide) groups is 1. The van der Waals surface area contributed by atoms with Crippen LogP contribution in [-0.4, -0.2) is 20.5 Å². The number of hydrogen-bond donors (Lipinski definition) is 1. The van der Waals surface area contributed by atoms with Crippen LogP contribution < -0.4 is 14.8 Å². The third kappa shape index (κ3) is 3.85. The molecule has 0 aromatic heterocycles. The molecule has 0 aliphatic carbocycles. The molecular formula is C17H21NO2S. The van der Waals surface area contributed by atoms with Crippen molar-refractivity contribution in [1.82, 2.24) is 0 Å². The van der Waals surface area contributed by atoms with E-state index in [1.807, 2.05) is 12.1 Å². The van der Waals surface area contributed by atoms with Gasteiger partial charge in [-0.3, -0.25) is 0 Å². The molecule has 3 nitrogen and oxygen atoms in total. The Balaban J connectivity index is 2.22. The minimum absolute atomic E-state index is 0.750. The van der Waals surface area contributed by atoms with Crippen LogP contribution in [0.4, 0.5) is 5.69 Å². The van der Waals surface area contributed by atoms with Gasteiger partial charge in [-0.1, -0.05) is 12.1 Å². The first kappa shape index (κ1) is 15.6. The Morgan fingerprint density at radius 1 is 1.05 bits per heavy atom. The molecule has 0 saturated carbocycles. The Bertz CT molecular complexity index is 614. The summed E-state index contributed by atoms with van der Waals surface area (Å²) in [6.07, 6.45) is 2.07. The number of aryl methyl sites for hydroxylation is 1. The second-order valence-electron chi connectivity index (χ2n) is 4.74. The molecule has 0 saturated heterocycles. The van der Waals surface area contributed by atoms with Gasteiger partial charge in [0.2, 0.25) is 0 Å². The van der Waals surface area contributed by atoms with E-state index in [2.05, 4.69) is 42.8 Å². The van der Waals surface area contributed by atoms with Crippen molar-refractivity contribution in [2.24, 2.45) is 0 Å². The Morgan fingerprint density at radius 2 is 1.76 bits per heavy atom. The normalized spacial score (nSPS) is 10.3. The highest BCUT2D eigenvalue weighted by molar-refractivity contribution is 7.98. The SMILES string of the molecule is COc1cc(CNc2cccc(C)c2)c(SC)cc1OC. The molecule has 0 bridgehead atoms. The Kier molecular flexibility index (Phi) is 5.39. The lowest BCUT2D eigenvalue weighted by Gasteiger charge is -2.15. The molecular weight excluding hydrogens is 282 g/mol. The minimum Gasteiger partial charge on any atom is -0.493 e. The van der Waals surface area contributed by atoms with Crippen LogP contribution in [0, 0.1) is 6.92 Å². The predicted molar refractivity (Wildman–Crippen MR) is 89.8 cm³/mol. The van der Waals surface area contributed by atoms with Crippen LogP contribution in [0.1, 0.15) is 11.1 Å². The lowest BCUT2D eigenvalue weighted by atomic mass is 10.1. The molecule has 0 aliphatic heterocycles. The lowest BCUT2D eigenvalue weighted by Crippen LogP contribution is -2.02. The van der Waals surface area contributed by atoms with Crippen molar-refractivity contribution in [2.75, 3.05) is 25.8 Å². The highest BCUT2D eigenvalue weighted by Gasteiger charge is 2.10. The molecule has 0 fully saturated rings. The zero-order valence-electron chi connectivity index (χ0n) is 12.9. The van der Waals surface area contributed by atoms with Gasteiger partial charge in [0.1, 0.15) is 0 Å². The van der Waals surface area contributed by atoms with Crippen LogP contribution in [0.25, 0.3) is 0 Å². The Morgan fingerprint density at radius 3 is 2.38 bits per heavy atom. The van der Waals surface area contributed by atoms with Crippen LogP contribution in [0.3, 0.4) is 0 Å². The molecule has 21 heavy (non-hydrogen) atoms. The van der Waals surface area contributed by atoms with Crippen molar-refractivity contribution in [3.8, 4) is 11.5 Å². The molecule has 0 heterocycles. The minimum atomic E-state index is 0.750. The first-order valence-corrected chi connectivity index (χ1v) is 8.00. The fourth-order valence-corrected chi connectivity index (χ4v) is 2.80. The van der Waals surface area contributed by atoms with E-state index >= 15 is 0 Å². The number of anilines is 1. The zero-order valence-corrected chi connectivity index (χ0v) is 13.7. The third-order valence-corrected chi connectivity index (χ3v) is 4.11. The highest BCUT2D eigenvalue weighted by Crippen LogP contribution is 2.34. The maximum absolute atomic E-state index is 5.39. The van der Waals surface area contributed by atoms with Crippen molar-refractivity contribution < 1.29 is 9.47 Å². The molecule has 0 radical (unpaired) electrons. The van der Waals surface area contributed by atoms with Gasteiger partial charge in [-0.25, -0.2) is 0 Å². The fourth-order valence-electron chi connectivity index (χ4n) is 2.18. The third-order valence-electron chi connectivity index (χ3n) is 3.29. The summed E-state index contributed by atoms with van der Waals surface area (Å²) in [7, 11) is 3.32. The van der Waals surface area contributed by atoms with Crippen molar-refractivity contribution in [2.45, 2.75) is 18.4 Å². The van der Waals surface area contributed by atoms with Crippen molar-refractivity contribution >= 4 is 17.4 Å². The van der Waals surface area contributed by atoms with Gasteiger partial charge in [0.05, 0.1) is 14.2 Å². The van der Waals surface area contributed by atoms with E-state index < -0.39 is 0 Å². The van der Waals surface area contributed by atoms with E-state index in [9.17, 15) is 0 Å². The number of nitrogens with one attached hydrogen (secondary N) is 1. The van der Waals surface area contributed by atoms with Crippen molar-refractivity contribution in [3.05, 3.63) is 47.5 Å². The summed E-state index contributed by atoms with van der Waals surface area (Å²) >= 11 is 1.71. The van der Waals surface area contributed by atoms with Gasteiger partial charge in [-0.2, -0.15) is 0 Å². The standard InChI is InChI=1S/C17H21NO2S/c1-12-6-5-7-14(8-12)18-11-13-9-15(19-2)16(20-3)10-17(13)21-4/h5-10,18H,11H2,1-4H3. The maximum atomic E-state index is 5.39. The number of ether oxygens (including phenoxy) is 2. The molecule has 2 aromatic carbocycles. The van der Waals surface area contributed by atoms with E-state index in [0.717, 1.165) is 23.7 Å². The van der Waals surface area contributed by atoms with Crippen LogP contribution >= 0.6 is 11.8 Å². The average Bonchev–Trinajstić information content (AvgIpc) is 2.52. The molecule has 1 N–H and O–H groups in total. The molecule has 2 aromatic rings. The Hall–Kier alpha value is -1.81. The Labute approximate surface area is 130 Å². The number of rotatable bonds is 6. The monoisotopic (exact) mass is 303 g/mol. The van der Waals surface area contributed by atoms with Gasteiger partial charge < -0.3 is 14.8 Å². The molecule has 0 amide bonds. The predicted octanol–water partition coefficient (Wildman–Crippen LogP) is 4.35. The molecule has 112 valence electrons. The van der Waals surface area contributed by atoms with Crippen molar-refractivity contribution in [3.63, 3.8) is 0 Å². The van der Waals surface area contributed by atoms with Gasteiger partial charge >= 0.3 is 0 Å². The molecule has 0 unspecified atom stereocenters. The summed E-state index contributed by atoms with van der Waals surface area (Å²) in [4.78, 5) is 1.19. The second-order valence-corrected chi connectivity index (χ2v) is 5.59. The van der Waals surface area contributed by atoms with E-state index in [1.165, 1.54) is 16.0 Å². The van der Waals surface area contributed by atoms with Gasteiger partial charge in [0.25, 0.3) is 0 Å². The largest absolute Gasteiger partial charge is 0.493 e. The van der Waals surface area contributed by atoms with E-state index in [0.29, 0.717) is 0 Å². The first-order chi connectivity index (χ1) is 10.2. The molecule has 0 spiro atoms. The van der Waals surface area contributed by atoms with Gasteiger partial charge in [0, 0.05) is 17.1 Å². The zero-order chi connectivity index (χ0) is 15.2. The average molecular weight is 303 g/mol. The summed E-state index contributed by atoms with van der Waals surface area (Å²) in [6.45, 7) is 2.84. The van der Waals surface area contributed by atoms with Gasteiger partial charge in [-0.05, 0) is 48.6 Å². The summed E-state index contributed by atoms with van der Waals surface area (Å²) in [5.74, 6) is 1.53. The summed E-state index contributed by atoms with van der Waals surface area (Å²) in [5.41, 5.74) is 3.57. The number of hydrogen-bond acceptors (Lipinski definition) is 4. The van der Waals surface area contributed by atoms with Gasteiger partial charge in [-0.15, -0.1) is 11.8 Å². The van der Waals surface area contributed by atoms with E-state index in [-0.39, 0.29) is 0 Å². The molecule has 0 aliphatic rings. The number of methoxy groups -OCH3 is 2. The van der Waals surface area contributed by atoms with Gasteiger partial charge in [0.15, 0.2) is 11.5 Å². The van der Waals surface area contributed by atoms with E-state index in [4.69, 9.17) is 9.47 Å². The first-order valence-electron chi connectivity index (χ1n) is 6.77.